The predicted molar refractivity (Wildman–Crippen MR) is 74.9 cm³/mol. The van der Waals surface area contributed by atoms with Crippen LogP contribution in [0.25, 0.3) is 17.3 Å². The summed E-state index contributed by atoms with van der Waals surface area (Å²) in [5.74, 6) is -0.449. The van der Waals surface area contributed by atoms with Gasteiger partial charge in [0.2, 0.25) is 0 Å². The molecule has 1 heterocycles. The first kappa shape index (κ1) is 13.1. The van der Waals surface area contributed by atoms with Crippen LogP contribution in [0.3, 0.4) is 0 Å². The second-order valence-electron chi connectivity index (χ2n) is 4.53. The van der Waals surface area contributed by atoms with Crippen molar-refractivity contribution in [2.24, 2.45) is 0 Å². The molecule has 19 heavy (non-hydrogen) atoms. The Kier molecular flexibility index (Phi) is 3.51. The first-order valence-electron chi connectivity index (χ1n) is 6.02. The molecule has 2 N–H and O–H groups in total. The Morgan fingerprint density at radius 2 is 2.00 bits per heavy atom. The van der Waals surface area contributed by atoms with E-state index < -0.39 is 5.97 Å². The summed E-state index contributed by atoms with van der Waals surface area (Å²) in [6.45, 7) is 6.25. The van der Waals surface area contributed by atoms with Crippen molar-refractivity contribution in [3.63, 3.8) is 0 Å². The lowest BCUT2D eigenvalue weighted by Gasteiger charge is -2.09. The number of rotatable bonds is 3. The topological polar surface area (TPSA) is 66.0 Å². The Balaban J connectivity index is 2.38. The molecule has 0 amide bonds. The van der Waals surface area contributed by atoms with Gasteiger partial charge < -0.3 is 10.1 Å². The molecular weight excluding hydrogens is 240 g/mol. The third kappa shape index (κ3) is 2.73. The van der Waals surface area contributed by atoms with E-state index in [1.165, 1.54) is 22.8 Å². The number of aromatic nitrogens is 2. The van der Waals surface area contributed by atoms with Gasteiger partial charge in [-0.05, 0) is 43.5 Å². The van der Waals surface area contributed by atoms with Crippen molar-refractivity contribution < 1.29 is 9.90 Å². The highest BCUT2D eigenvalue weighted by Crippen LogP contribution is 2.26. The molecule has 0 aliphatic carbocycles. The van der Waals surface area contributed by atoms with Crippen LogP contribution in [-0.4, -0.2) is 21.0 Å². The van der Waals surface area contributed by atoms with Gasteiger partial charge in [0.1, 0.15) is 5.82 Å². The highest BCUT2D eigenvalue weighted by Gasteiger charge is 2.08. The normalized spacial score (nSPS) is 11.1. The number of carboxylic acids is 1. The van der Waals surface area contributed by atoms with Crippen molar-refractivity contribution in [3.8, 4) is 11.3 Å². The summed E-state index contributed by atoms with van der Waals surface area (Å²) >= 11 is 0. The molecule has 1 aromatic heterocycles. The minimum Gasteiger partial charge on any atom is -0.478 e. The Bertz CT molecular complexity index is 654. The number of benzene rings is 1. The summed E-state index contributed by atoms with van der Waals surface area (Å²) in [5, 5.41) is 8.58. The molecule has 1 aromatic carbocycles. The van der Waals surface area contributed by atoms with Gasteiger partial charge in [-0.25, -0.2) is 9.78 Å². The molecule has 0 aliphatic heterocycles. The van der Waals surface area contributed by atoms with Crippen molar-refractivity contribution >= 4 is 12.0 Å². The van der Waals surface area contributed by atoms with Crippen molar-refractivity contribution in [1.82, 2.24) is 9.97 Å². The monoisotopic (exact) mass is 256 g/mol. The van der Waals surface area contributed by atoms with Crippen molar-refractivity contribution in [3.05, 3.63) is 46.9 Å². The van der Waals surface area contributed by atoms with Gasteiger partial charge in [-0.15, -0.1) is 0 Å². The fraction of sp³-hybridized carbons (Fsp3) is 0.200. The first-order chi connectivity index (χ1) is 8.99. The first-order valence-corrected chi connectivity index (χ1v) is 6.02. The van der Waals surface area contributed by atoms with Gasteiger partial charge in [-0.1, -0.05) is 12.1 Å². The Labute approximate surface area is 111 Å². The van der Waals surface area contributed by atoms with E-state index >= 15 is 0 Å². The molecule has 4 heteroatoms. The number of aliphatic carboxylic acids is 1. The number of hydrogen-bond donors (Lipinski definition) is 2. The Morgan fingerprint density at radius 1 is 1.26 bits per heavy atom. The van der Waals surface area contributed by atoms with E-state index in [9.17, 15) is 4.79 Å². The lowest BCUT2D eigenvalue weighted by Crippen LogP contribution is -1.91. The summed E-state index contributed by atoms with van der Waals surface area (Å²) in [6, 6.07) is 4.13. The molecule has 0 radical (unpaired) electrons. The molecule has 2 aromatic rings. The van der Waals surface area contributed by atoms with Crippen LogP contribution in [0.1, 0.15) is 22.5 Å². The zero-order valence-electron chi connectivity index (χ0n) is 11.2. The van der Waals surface area contributed by atoms with E-state index in [1.54, 1.807) is 6.20 Å². The number of imidazole rings is 1. The number of carbonyl (C=O) groups is 1. The van der Waals surface area contributed by atoms with Crippen LogP contribution in [0, 0.1) is 20.8 Å². The smallest absolute Gasteiger partial charge is 0.328 e. The fourth-order valence-corrected chi connectivity index (χ4v) is 1.96. The highest BCUT2D eigenvalue weighted by molar-refractivity contribution is 5.84. The Morgan fingerprint density at radius 3 is 2.68 bits per heavy atom. The highest BCUT2D eigenvalue weighted by atomic mass is 16.4. The van der Waals surface area contributed by atoms with Gasteiger partial charge in [-0.2, -0.15) is 0 Å². The fourth-order valence-electron chi connectivity index (χ4n) is 1.96. The van der Waals surface area contributed by atoms with Crippen LogP contribution in [0.5, 0.6) is 0 Å². The lowest BCUT2D eigenvalue weighted by molar-refractivity contribution is -0.131. The molecule has 0 spiro atoms. The van der Waals surface area contributed by atoms with E-state index in [1.807, 2.05) is 0 Å². The number of aromatic amines is 1. The van der Waals surface area contributed by atoms with E-state index in [0.29, 0.717) is 5.82 Å². The van der Waals surface area contributed by atoms with Crippen LogP contribution in [0.2, 0.25) is 0 Å². The van der Waals surface area contributed by atoms with Gasteiger partial charge in [0, 0.05) is 11.6 Å². The number of carboxylic acid groups (broad SMARTS) is 1. The van der Waals surface area contributed by atoms with Crippen LogP contribution >= 0.6 is 0 Å². The molecule has 0 atom stereocenters. The quantitative estimate of drug-likeness (QED) is 0.829. The number of nitrogens with one attached hydrogen (secondary N) is 1. The van der Waals surface area contributed by atoms with Crippen LogP contribution in [-0.2, 0) is 4.79 Å². The van der Waals surface area contributed by atoms with Gasteiger partial charge in [-0.3, -0.25) is 0 Å². The van der Waals surface area contributed by atoms with Crippen molar-refractivity contribution in [1.29, 1.82) is 0 Å². The molecular formula is C15H16N2O2. The van der Waals surface area contributed by atoms with Crippen LogP contribution in [0.15, 0.2) is 24.4 Å². The van der Waals surface area contributed by atoms with Gasteiger partial charge in [0.05, 0.1) is 11.9 Å². The standard InChI is InChI=1S/C15H16N2O2/c1-9-4-5-12(11(3)10(9)2)13-8-16-14(17-13)6-7-15(18)19/h4-8H,1-3H3,(H,16,17)(H,18,19)/b7-6+. The lowest BCUT2D eigenvalue weighted by atomic mass is 9.97. The summed E-state index contributed by atoms with van der Waals surface area (Å²) < 4.78 is 0. The van der Waals surface area contributed by atoms with Crippen LogP contribution < -0.4 is 0 Å². The molecule has 4 nitrogen and oxygen atoms in total. The minimum absolute atomic E-state index is 0.537. The summed E-state index contributed by atoms with van der Waals surface area (Å²) in [6.07, 6.45) is 4.23. The van der Waals surface area contributed by atoms with E-state index in [-0.39, 0.29) is 0 Å². The van der Waals surface area contributed by atoms with Crippen LogP contribution in [0.4, 0.5) is 0 Å². The molecule has 0 aliphatic rings. The third-order valence-electron chi connectivity index (χ3n) is 3.33. The summed E-state index contributed by atoms with van der Waals surface area (Å²) in [5.41, 5.74) is 5.70. The zero-order valence-corrected chi connectivity index (χ0v) is 11.2. The van der Waals surface area contributed by atoms with E-state index in [0.717, 1.165) is 17.3 Å². The van der Waals surface area contributed by atoms with E-state index in [4.69, 9.17) is 5.11 Å². The van der Waals surface area contributed by atoms with Crippen molar-refractivity contribution in [2.45, 2.75) is 20.8 Å². The number of H-pyrrole nitrogens is 1. The number of aryl methyl sites for hydroxylation is 1. The van der Waals surface area contributed by atoms with E-state index in [2.05, 4.69) is 42.9 Å². The van der Waals surface area contributed by atoms with Gasteiger partial charge >= 0.3 is 5.97 Å². The van der Waals surface area contributed by atoms with Gasteiger partial charge in [0.15, 0.2) is 0 Å². The zero-order chi connectivity index (χ0) is 14.0. The second kappa shape index (κ2) is 5.10. The molecule has 98 valence electrons. The SMILES string of the molecule is Cc1ccc(-c2cnc(/C=C/C(=O)O)[nH]2)c(C)c1C. The average molecular weight is 256 g/mol. The molecule has 0 unspecified atom stereocenters. The van der Waals surface area contributed by atoms with Crippen molar-refractivity contribution in [2.75, 3.05) is 0 Å². The molecule has 0 saturated carbocycles. The largest absolute Gasteiger partial charge is 0.478 e. The molecule has 0 bridgehead atoms. The number of hydrogen-bond acceptors (Lipinski definition) is 2. The summed E-state index contributed by atoms with van der Waals surface area (Å²) in [7, 11) is 0. The third-order valence-corrected chi connectivity index (χ3v) is 3.33. The predicted octanol–water partition coefficient (Wildman–Crippen LogP) is 3.10. The summed E-state index contributed by atoms with van der Waals surface area (Å²) in [4.78, 5) is 17.7. The number of nitrogens with zero attached hydrogens (tertiary/aromatic N) is 1. The van der Waals surface area contributed by atoms with Gasteiger partial charge in [0.25, 0.3) is 0 Å². The Hall–Kier alpha value is -2.36. The maximum Gasteiger partial charge on any atom is 0.328 e. The minimum atomic E-state index is -0.986. The molecule has 0 fully saturated rings. The maximum atomic E-state index is 10.5. The average Bonchev–Trinajstić information content (AvgIpc) is 2.82. The second-order valence-corrected chi connectivity index (χ2v) is 4.53. The molecule has 0 saturated heterocycles. The molecule has 2 rings (SSSR count). The maximum absolute atomic E-state index is 10.5.